The Labute approximate surface area is 124 Å². The van der Waals surface area contributed by atoms with Gasteiger partial charge in [0.25, 0.3) is 11.7 Å². The molecule has 1 fully saturated rings. The predicted octanol–water partition coefficient (Wildman–Crippen LogP) is 0.123. The summed E-state index contributed by atoms with van der Waals surface area (Å²) in [5.41, 5.74) is -0.336. The molecule has 0 aromatic carbocycles. The second-order valence-electron chi connectivity index (χ2n) is 4.87. The minimum absolute atomic E-state index is 0.297. The molecule has 0 aliphatic carbocycles. The Morgan fingerprint density at radius 1 is 1.48 bits per heavy atom. The molecule has 21 heavy (non-hydrogen) atoms. The molecular weight excluding hydrogens is 294 g/mol. The Kier molecular flexibility index (Phi) is 3.28. The third-order valence-corrected chi connectivity index (χ3v) is 4.76. The van der Waals surface area contributed by atoms with Gasteiger partial charge in [-0.3, -0.25) is 4.79 Å². The van der Waals surface area contributed by atoms with Crippen molar-refractivity contribution in [3.63, 3.8) is 0 Å². The van der Waals surface area contributed by atoms with Gasteiger partial charge in [-0.2, -0.15) is 21.8 Å². The lowest BCUT2D eigenvalue weighted by molar-refractivity contribution is -0.143. The van der Waals surface area contributed by atoms with Crippen molar-refractivity contribution in [1.29, 1.82) is 0 Å². The maximum atomic E-state index is 12.4. The summed E-state index contributed by atoms with van der Waals surface area (Å²) in [6, 6.07) is 0. The molecule has 110 valence electrons. The summed E-state index contributed by atoms with van der Waals surface area (Å²) < 4.78 is 1.45. The molecule has 1 atom stereocenters. The Morgan fingerprint density at radius 2 is 2.29 bits per heavy atom. The van der Waals surface area contributed by atoms with Crippen LogP contribution in [0.1, 0.15) is 22.5 Å². The molecule has 1 aliphatic heterocycles. The van der Waals surface area contributed by atoms with Crippen LogP contribution in [0.4, 0.5) is 0 Å². The number of thioether (sulfide) groups is 1. The van der Waals surface area contributed by atoms with Gasteiger partial charge in [0.15, 0.2) is 0 Å². The number of carboxylic acid groups (broad SMARTS) is 1. The van der Waals surface area contributed by atoms with Crippen LogP contribution in [0.2, 0.25) is 0 Å². The first-order valence-corrected chi connectivity index (χ1v) is 7.48. The van der Waals surface area contributed by atoms with Gasteiger partial charge in [0.2, 0.25) is 0 Å². The zero-order valence-corrected chi connectivity index (χ0v) is 12.1. The summed E-state index contributed by atoms with van der Waals surface area (Å²) in [4.78, 5) is 31.9. The van der Waals surface area contributed by atoms with Crippen molar-refractivity contribution in [2.45, 2.75) is 18.9 Å². The molecule has 1 saturated heterocycles. The summed E-state index contributed by atoms with van der Waals surface area (Å²) in [6.45, 7) is 1.72. The van der Waals surface area contributed by atoms with Crippen LogP contribution in [0.3, 0.4) is 0 Å². The van der Waals surface area contributed by atoms with Crippen LogP contribution in [-0.2, 0) is 4.79 Å². The Morgan fingerprint density at radius 3 is 2.95 bits per heavy atom. The number of carbonyl (C=O) groups is 2. The van der Waals surface area contributed by atoms with Crippen LogP contribution in [0.15, 0.2) is 12.5 Å². The second-order valence-corrected chi connectivity index (χ2v) is 5.98. The van der Waals surface area contributed by atoms with Gasteiger partial charge in [-0.1, -0.05) is 0 Å². The fraction of sp³-hybridized carbons (Fsp3) is 0.417. The summed E-state index contributed by atoms with van der Waals surface area (Å²) in [5.74, 6) is 0.0157. The Balaban J connectivity index is 1.93. The lowest BCUT2D eigenvalue weighted by Gasteiger charge is -2.24. The summed E-state index contributed by atoms with van der Waals surface area (Å²) >= 11 is 1.52. The summed E-state index contributed by atoms with van der Waals surface area (Å²) in [5, 5.41) is 16.0. The van der Waals surface area contributed by atoms with Gasteiger partial charge in [0.05, 0.1) is 11.3 Å². The van der Waals surface area contributed by atoms with Crippen molar-refractivity contribution < 1.29 is 14.7 Å². The number of aromatic nitrogens is 4. The van der Waals surface area contributed by atoms with E-state index >= 15 is 0 Å². The minimum Gasteiger partial charge on any atom is -0.479 e. The number of aryl methyl sites for hydroxylation is 1. The van der Waals surface area contributed by atoms with Gasteiger partial charge >= 0.3 is 5.97 Å². The van der Waals surface area contributed by atoms with Crippen LogP contribution in [0.5, 0.6) is 0 Å². The van der Waals surface area contributed by atoms with Crippen LogP contribution < -0.4 is 5.32 Å². The molecule has 0 saturated carbocycles. The number of fused-ring (bicyclic) bond motifs is 1. The highest BCUT2D eigenvalue weighted by Crippen LogP contribution is 2.28. The zero-order chi connectivity index (χ0) is 15.0. The predicted molar refractivity (Wildman–Crippen MR) is 75.3 cm³/mol. The lowest BCUT2D eigenvalue weighted by atomic mass is 9.98. The van der Waals surface area contributed by atoms with Crippen molar-refractivity contribution in [3.8, 4) is 0 Å². The molecule has 8 nitrogen and oxygen atoms in total. The zero-order valence-electron chi connectivity index (χ0n) is 11.2. The smallest absolute Gasteiger partial charge is 0.330 e. The fourth-order valence-electron chi connectivity index (χ4n) is 2.28. The highest BCUT2D eigenvalue weighted by molar-refractivity contribution is 7.99. The molecule has 9 heteroatoms. The van der Waals surface area contributed by atoms with Gasteiger partial charge < -0.3 is 10.4 Å². The Bertz CT molecular complexity index is 723. The first-order chi connectivity index (χ1) is 10.0. The fourth-order valence-corrected chi connectivity index (χ4v) is 3.61. The lowest BCUT2D eigenvalue weighted by Crippen LogP contribution is -2.54. The average molecular weight is 307 g/mol. The SMILES string of the molecule is Cc1c(C(=O)NC2(C(=O)O)CCSC2)cnc2ncnn12. The van der Waals surface area contributed by atoms with E-state index in [9.17, 15) is 14.7 Å². The molecule has 2 aromatic rings. The van der Waals surface area contributed by atoms with E-state index < -0.39 is 17.4 Å². The number of nitrogens with one attached hydrogen (secondary N) is 1. The first-order valence-electron chi connectivity index (χ1n) is 6.32. The van der Waals surface area contributed by atoms with Crippen LogP contribution in [-0.4, -0.2) is 53.6 Å². The topological polar surface area (TPSA) is 109 Å². The van der Waals surface area contributed by atoms with E-state index in [2.05, 4.69) is 20.4 Å². The number of aliphatic carboxylic acids is 1. The number of amides is 1. The minimum atomic E-state index is -1.20. The van der Waals surface area contributed by atoms with E-state index in [1.165, 1.54) is 28.8 Å². The number of carbonyl (C=O) groups excluding carboxylic acids is 1. The van der Waals surface area contributed by atoms with Crippen LogP contribution in [0, 0.1) is 6.92 Å². The summed E-state index contributed by atoms with van der Waals surface area (Å²) in [7, 11) is 0. The van der Waals surface area contributed by atoms with E-state index in [-0.39, 0.29) is 0 Å². The van der Waals surface area contributed by atoms with Gasteiger partial charge in [0, 0.05) is 11.9 Å². The van der Waals surface area contributed by atoms with E-state index in [1.807, 2.05) is 0 Å². The van der Waals surface area contributed by atoms with E-state index in [0.717, 1.165) is 0 Å². The van der Waals surface area contributed by atoms with Gasteiger partial charge in [-0.15, -0.1) is 0 Å². The molecular formula is C12H13N5O3S. The third kappa shape index (κ3) is 2.23. The standard InChI is InChI=1S/C12H13N5O3S/c1-7-8(4-13-11-14-6-15-17(7)11)9(18)16-12(10(19)20)2-3-21-5-12/h4,6H,2-3,5H2,1H3,(H,16,18)(H,19,20). The number of carboxylic acids is 1. The van der Waals surface area contributed by atoms with Crippen molar-refractivity contribution in [1.82, 2.24) is 24.9 Å². The quantitative estimate of drug-likeness (QED) is 0.829. The van der Waals surface area contributed by atoms with Crippen LogP contribution >= 0.6 is 11.8 Å². The Hall–Kier alpha value is -2.16. The van der Waals surface area contributed by atoms with Crippen molar-refractivity contribution in [2.24, 2.45) is 0 Å². The van der Waals surface area contributed by atoms with Gasteiger partial charge in [0.1, 0.15) is 11.9 Å². The van der Waals surface area contributed by atoms with Crippen molar-refractivity contribution in [2.75, 3.05) is 11.5 Å². The maximum Gasteiger partial charge on any atom is 0.330 e. The highest BCUT2D eigenvalue weighted by atomic mass is 32.2. The molecule has 3 rings (SSSR count). The first kappa shape index (κ1) is 13.8. The molecule has 0 radical (unpaired) electrons. The van der Waals surface area contributed by atoms with Crippen molar-refractivity contribution >= 4 is 29.4 Å². The normalized spacial score (nSPS) is 21.6. The summed E-state index contributed by atoms with van der Waals surface area (Å²) in [6.07, 6.45) is 3.16. The molecule has 1 aliphatic rings. The number of nitrogens with zero attached hydrogens (tertiary/aromatic N) is 4. The van der Waals surface area contributed by atoms with Gasteiger partial charge in [-0.05, 0) is 19.1 Å². The number of hydrogen-bond acceptors (Lipinski definition) is 6. The van der Waals surface area contributed by atoms with E-state index in [0.29, 0.717) is 35.0 Å². The highest BCUT2D eigenvalue weighted by Gasteiger charge is 2.43. The van der Waals surface area contributed by atoms with Gasteiger partial charge in [-0.25, -0.2) is 14.3 Å². The van der Waals surface area contributed by atoms with Crippen LogP contribution in [0.25, 0.3) is 5.78 Å². The maximum absolute atomic E-state index is 12.4. The number of hydrogen-bond donors (Lipinski definition) is 2. The molecule has 2 aromatic heterocycles. The second kappa shape index (κ2) is 4.99. The average Bonchev–Trinajstić information content (AvgIpc) is 3.08. The van der Waals surface area contributed by atoms with E-state index in [1.54, 1.807) is 6.92 Å². The number of rotatable bonds is 3. The monoisotopic (exact) mass is 307 g/mol. The molecule has 3 heterocycles. The largest absolute Gasteiger partial charge is 0.479 e. The van der Waals surface area contributed by atoms with E-state index in [4.69, 9.17) is 0 Å². The molecule has 1 unspecified atom stereocenters. The molecule has 2 N–H and O–H groups in total. The molecule has 1 amide bonds. The molecule has 0 spiro atoms. The molecule has 0 bridgehead atoms. The third-order valence-electron chi connectivity index (χ3n) is 3.57. The van der Waals surface area contributed by atoms with Crippen molar-refractivity contribution in [3.05, 3.63) is 23.8 Å².